The third-order valence-corrected chi connectivity index (χ3v) is 4.98. The summed E-state index contributed by atoms with van der Waals surface area (Å²) in [7, 11) is 1.62. The maximum atomic E-state index is 12.1. The lowest BCUT2D eigenvalue weighted by Crippen LogP contribution is -2.48. The fraction of sp³-hybridized carbons (Fsp3) is 0.833. The van der Waals surface area contributed by atoms with Crippen LogP contribution in [0.1, 0.15) is 43.3 Å². The van der Waals surface area contributed by atoms with Crippen LogP contribution in [0.2, 0.25) is 0 Å². The van der Waals surface area contributed by atoms with Crippen molar-refractivity contribution >= 4 is 6.03 Å². The number of piperidine rings is 1. The van der Waals surface area contributed by atoms with E-state index in [0.29, 0.717) is 50.4 Å². The zero-order valence-electron chi connectivity index (χ0n) is 16.0. The van der Waals surface area contributed by atoms with E-state index < -0.39 is 0 Å². The number of amides is 2. The first-order valence-corrected chi connectivity index (χ1v) is 9.80. The second-order valence-electron chi connectivity index (χ2n) is 6.99. The van der Waals surface area contributed by atoms with E-state index in [2.05, 4.69) is 15.5 Å². The SMILES string of the molecule is COCCNC(=O)N1CCCC(OCCc2noc(C3CCOCC3)n2)C1. The lowest BCUT2D eigenvalue weighted by molar-refractivity contribution is 0.0104. The topological polar surface area (TPSA) is 99.0 Å². The maximum absolute atomic E-state index is 12.1. The zero-order chi connectivity index (χ0) is 18.9. The number of hydrogen-bond acceptors (Lipinski definition) is 7. The molecule has 152 valence electrons. The molecule has 0 aromatic carbocycles. The first-order valence-electron chi connectivity index (χ1n) is 9.80. The van der Waals surface area contributed by atoms with Crippen LogP contribution in [0.3, 0.4) is 0 Å². The molecule has 0 saturated carbocycles. The molecule has 1 aromatic rings. The molecule has 2 saturated heterocycles. The normalized spacial score (nSPS) is 21.4. The van der Waals surface area contributed by atoms with E-state index in [-0.39, 0.29) is 12.1 Å². The van der Waals surface area contributed by atoms with Crippen LogP contribution in [-0.2, 0) is 20.6 Å². The molecule has 2 aliphatic heterocycles. The summed E-state index contributed by atoms with van der Waals surface area (Å²) in [6.45, 7) is 4.43. The number of aromatic nitrogens is 2. The van der Waals surface area contributed by atoms with Crippen LogP contribution in [0, 0.1) is 0 Å². The molecule has 3 rings (SSSR count). The number of carbonyl (C=O) groups excluding carboxylic acids is 1. The van der Waals surface area contributed by atoms with Crippen LogP contribution in [0.5, 0.6) is 0 Å². The summed E-state index contributed by atoms with van der Waals surface area (Å²) in [6, 6.07) is -0.0559. The standard InChI is InChI=1S/C18H30N4O5/c1-24-12-7-19-18(23)22-8-2-3-15(13-22)26-11-6-16-20-17(27-21-16)14-4-9-25-10-5-14/h14-15H,2-13H2,1H3,(H,19,23). The van der Waals surface area contributed by atoms with Crippen LogP contribution in [0.25, 0.3) is 0 Å². The highest BCUT2D eigenvalue weighted by atomic mass is 16.5. The third kappa shape index (κ3) is 6.15. The first-order chi connectivity index (χ1) is 13.3. The van der Waals surface area contributed by atoms with E-state index in [9.17, 15) is 4.79 Å². The summed E-state index contributed by atoms with van der Waals surface area (Å²) in [5.41, 5.74) is 0. The number of methoxy groups -OCH3 is 1. The van der Waals surface area contributed by atoms with Crippen molar-refractivity contribution in [2.45, 2.75) is 44.1 Å². The zero-order valence-corrected chi connectivity index (χ0v) is 16.0. The highest BCUT2D eigenvalue weighted by molar-refractivity contribution is 5.74. The van der Waals surface area contributed by atoms with Crippen molar-refractivity contribution < 1.29 is 23.5 Å². The molecular formula is C18H30N4O5. The van der Waals surface area contributed by atoms with E-state index in [1.807, 2.05) is 0 Å². The van der Waals surface area contributed by atoms with Crippen molar-refractivity contribution in [1.82, 2.24) is 20.4 Å². The summed E-state index contributed by atoms with van der Waals surface area (Å²) < 4.78 is 21.7. The molecular weight excluding hydrogens is 352 g/mol. The Morgan fingerprint density at radius 3 is 2.96 bits per heavy atom. The van der Waals surface area contributed by atoms with Crippen molar-refractivity contribution in [3.05, 3.63) is 11.7 Å². The molecule has 9 nitrogen and oxygen atoms in total. The average Bonchev–Trinajstić information content (AvgIpc) is 3.18. The number of carbonyl (C=O) groups is 1. The molecule has 2 fully saturated rings. The minimum Gasteiger partial charge on any atom is -0.383 e. The van der Waals surface area contributed by atoms with Gasteiger partial charge < -0.3 is 29.0 Å². The Morgan fingerprint density at radius 1 is 1.30 bits per heavy atom. The van der Waals surface area contributed by atoms with E-state index >= 15 is 0 Å². The Balaban J connectivity index is 1.37. The van der Waals surface area contributed by atoms with Crippen LogP contribution in [0.4, 0.5) is 4.79 Å². The molecule has 2 aliphatic rings. The number of likely N-dealkylation sites (tertiary alicyclic amines) is 1. The second kappa shape index (κ2) is 10.6. The van der Waals surface area contributed by atoms with Gasteiger partial charge in [0.15, 0.2) is 5.82 Å². The van der Waals surface area contributed by atoms with E-state index in [1.165, 1.54) is 0 Å². The minimum absolute atomic E-state index is 0.0498. The molecule has 1 unspecified atom stereocenters. The van der Waals surface area contributed by atoms with Gasteiger partial charge in [0.2, 0.25) is 5.89 Å². The van der Waals surface area contributed by atoms with Gasteiger partial charge in [0.1, 0.15) is 0 Å². The molecule has 0 radical (unpaired) electrons. The summed E-state index contributed by atoms with van der Waals surface area (Å²) in [6.07, 6.45) is 4.43. The number of nitrogens with zero attached hydrogens (tertiary/aromatic N) is 3. The minimum atomic E-state index is -0.0559. The van der Waals surface area contributed by atoms with Crippen molar-refractivity contribution in [3.63, 3.8) is 0 Å². The Bertz CT molecular complexity index is 576. The van der Waals surface area contributed by atoms with Crippen LogP contribution in [-0.4, -0.2) is 80.3 Å². The van der Waals surface area contributed by atoms with Gasteiger partial charge in [-0.05, 0) is 25.7 Å². The van der Waals surface area contributed by atoms with Crippen LogP contribution in [0.15, 0.2) is 4.52 Å². The quantitative estimate of drug-likeness (QED) is 0.678. The van der Waals surface area contributed by atoms with Gasteiger partial charge in [-0.1, -0.05) is 5.16 Å². The fourth-order valence-corrected chi connectivity index (χ4v) is 3.43. The van der Waals surface area contributed by atoms with Gasteiger partial charge in [-0.3, -0.25) is 0 Å². The molecule has 27 heavy (non-hydrogen) atoms. The Hall–Kier alpha value is -1.71. The van der Waals surface area contributed by atoms with Gasteiger partial charge in [-0.25, -0.2) is 4.79 Å². The Morgan fingerprint density at radius 2 is 2.15 bits per heavy atom. The highest BCUT2D eigenvalue weighted by Crippen LogP contribution is 2.25. The van der Waals surface area contributed by atoms with Gasteiger partial charge in [0, 0.05) is 52.3 Å². The van der Waals surface area contributed by atoms with Gasteiger partial charge >= 0.3 is 6.03 Å². The lowest BCUT2D eigenvalue weighted by atomic mass is 10.0. The molecule has 1 N–H and O–H groups in total. The molecule has 9 heteroatoms. The summed E-state index contributed by atoms with van der Waals surface area (Å²) in [5.74, 6) is 1.70. The smallest absolute Gasteiger partial charge is 0.317 e. The summed E-state index contributed by atoms with van der Waals surface area (Å²) >= 11 is 0. The molecule has 3 heterocycles. The average molecular weight is 382 g/mol. The number of rotatable bonds is 8. The van der Waals surface area contributed by atoms with Crippen molar-refractivity contribution in [2.75, 3.05) is 53.2 Å². The van der Waals surface area contributed by atoms with Gasteiger partial charge in [-0.2, -0.15) is 4.98 Å². The maximum Gasteiger partial charge on any atom is 0.317 e. The van der Waals surface area contributed by atoms with Gasteiger partial charge in [0.25, 0.3) is 0 Å². The molecule has 1 aromatic heterocycles. The largest absolute Gasteiger partial charge is 0.383 e. The van der Waals surface area contributed by atoms with E-state index in [4.69, 9.17) is 18.7 Å². The molecule has 1 atom stereocenters. The molecule has 0 bridgehead atoms. The molecule has 0 aliphatic carbocycles. The predicted octanol–water partition coefficient (Wildman–Crippen LogP) is 1.34. The van der Waals surface area contributed by atoms with Crippen molar-refractivity contribution in [2.24, 2.45) is 0 Å². The van der Waals surface area contributed by atoms with E-state index in [1.54, 1.807) is 12.0 Å². The number of nitrogens with one attached hydrogen (secondary N) is 1. The molecule has 0 spiro atoms. The number of ether oxygens (including phenoxy) is 3. The monoisotopic (exact) mass is 382 g/mol. The van der Waals surface area contributed by atoms with Gasteiger partial charge in [-0.15, -0.1) is 0 Å². The van der Waals surface area contributed by atoms with Crippen LogP contribution >= 0.6 is 0 Å². The Kier molecular flexibility index (Phi) is 7.85. The lowest BCUT2D eigenvalue weighted by Gasteiger charge is -2.32. The second-order valence-corrected chi connectivity index (χ2v) is 6.99. The predicted molar refractivity (Wildman–Crippen MR) is 96.6 cm³/mol. The molecule has 2 amide bonds. The van der Waals surface area contributed by atoms with Crippen molar-refractivity contribution in [3.8, 4) is 0 Å². The number of urea groups is 1. The summed E-state index contributed by atoms with van der Waals surface area (Å²) in [5, 5.41) is 6.92. The van der Waals surface area contributed by atoms with E-state index in [0.717, 1.165) is 45.4 Å². The highest BCUT2D eigenvalue weighted by Gasteiger charge is 2.25. The Labute approximate surface area is 159 Å². The third-order valence-electron chi connectivity index (χ3n) is 4.98. The summed E-state index contributed by atoms with van der Waals surface area (Å²) in [4.78, 5) is 18.4. The van der Waals surface area contributed by atoms with Crippen molar-refractivity contribution in [1.29, 1.82) is 0 Å². The first kappa shape index (κ1) is 20.0. The fourth-order valence-electron chi connectivity index (χ4n) is 3.43. The van der Waals surface area contributed by atoms with Crippen LogP contribution < -0.4 is 5.32 Å². The number of hydrogen-bond donors (Lipinski definition) is 1. The van der Waals surface area contributed by atoms with Gasteiger partial charge in [0.05, 0.1) is 19.3 Å².